The number of nitrogens with zero attached hydrogens (tertiary/aromatic N) is 3. The minimum atomic E-state index is -0.494. The molecule has 1 aromatic heterocycles. The Kier molecular flexibility index (Phi) is 7.35. The van der Waals surface area contributed by atoms with Gasteiger partial charge in [-0.2, -0.15) is 4.98 Å². The van der Waals surface area contributed by atoms with Crippen molar-refractivity contribution in [3.05, 3.63) is 65.4 Å². The minimum Gasteiger partial charge on any atom is -0.494 e. The van der Waals surface area contributed by atoms with Crippen LogP contribution in [0.1, 0.15) is 45.2 Å². The Morgan fingerprint density at radius 2 is 1.94 bits per heavy atom. The van der Waals surface area contributed by atoms with E-state index in [0.29, 0.717) is 29.1 Å². The topological polar surface area (TPSA) is 72.7 Å². The van der Waals surface area contributed by atoms with Crippen LogP contribution in [-0.2, 0) is 0 Å². The number of nitrogens with one attached hydrogen (secondary N) is 1. The highest BCUT2D eigenvalue weighted by molar-refractivity contribution is 7.80. The smallest absolute Gasteiger partial charge is 0.258 e. The highest BCUT2D eigenvalue weighted by atomic mass is 32.1. The van der Waals surface area contributed by atoms with E-state index in [0.717, 1.165) is 29.1 Å². The molecule has 184 valence electrons. The molecule has 4 rings (SSSR count). The number of hydrogen-bond donors (Lipinski definition) is 1. The minimum absolute atomic E-state index is 0.154. The van der Waals surface area contributed by atoms with E-state index < -0.39 is 5.82 Å². The van der Waals surface area contributed by atoms with Gasteiger partial charge < -0.3 is 24.2 Å². The lowest BCUT2D eigenvalue weighted by atomic mass is 9.94. The second-order valence-electron chi connectivity index (χ2n) is 8.66. The molecule has 35 heavy (non-hydrogen) atoms. The summed E-state index contributed by atoms with van der Waals surface area (Å²) in [7, 11) is 1.42. The Balaban J connectivity index is 1.77. The first-order chi connectivity index (χ1) is 16.8. The van der Waals surface area contributed by atoms with Gasteiger partial charge in [-0.25, -0.2) is 4.39 Å². The van der Waals surface area contributed by atoms with Crippen LogP contribution in [0.15, 0.2) is 52.7 Å². The summed E-state index contributed by atoms with van der Waals surface area (Å²) in [6.45, 7) is 9.56. The third-order valence-corrected chi connectivity index (χ3v) is 6.07. The van der Waals surface area contributed by atoms with E-state index >= 15 is 0 Å². The molecule has 0 spiro atoms. The van der Waals surface area contributed by atoms with Crippen molar-refractivity contribution in [3.8, 4) is 22.9 Å². The van der Waals surface area contributed by atoms with Gasteiger partial charge in [0.05, 0.1) is 25.3 Å². The predicted molar refractivity (Wildman–Crippen MR) is 136 cm³/mol. The lowest BCUT2D eigenvalue weighted by Crippen LogP contribution is -2.47. The van der Waals surface area contributed by atoms with Crippen molar-refractivity contribution in [1.82, 2.24) is 20.4 Å². The fraction of sp³-hybridized carbons (Fsp3) is 0.346. The van der Waals surface area contributed by atoms with Crippen molar-refractivity contribution in [2.45, 2.75) is 33.7 Å². The van der Waals surface area contributed by atoms with Crippen LogP contribution in [0.3, 0.4) is 0 Å². The van der Waals surface area contributed by atoms with Crippen LogP contribution in [0.5, 0.6) is 11.5 Å². The molecule has 0 saturated heterocycles. The number of halogens is 1. The molecule has 0 aliphatic carbocycles. The molecule has 9 heteroatoms. The van der Waals surface area contributed by atoms with E-state index in [1.165, 1.54) is 13.2 Å². The second kappa shape index (κ2) is 10.4. The molecule has 0 radical (unpaired) electrons. The molecule has 1 atom stereocenters. The normalized spacial score (nSPS) is 16.0. The predicted octanol–water partition coefficient (Wildman–Crippen LogP) is 5.60. The number of thiocarbonyl (C=S) groups is 1. The van der Waals surface area contributed by atoms with E-state index in [4.69, 9.17) is 26.2 Å². The zero-order valence-electron chi connectivity index (χ0n) is 20.5. The van der Waals surface area contributed by atoms with E-state index in [1.807, 2.05) is 38.1 Å². The van der Waals surface area contributed by atoms with Crippen LogP contribution in [0.25, 0.3) is 17.0 Å². The first-order valence-corrected chi connectivity index (χ1v) is 11.9. The lowest BCUT2D eigenvalue weighted by Gasteiger charge is -2.38. The molecule has 0 fully saturated rings. The molecule has 0 amide bonds. The number of hydrogen-bond acceptors (Lipinski definition) is 6. The average molecular weight is 497 g/mol. The summed E-state index contributed by atoms with van der Waals surface area (Å²) in [4.78, 5) is 6.69. The fourth-order valence-electron chi connectivity index (χ4n) is 4.07. The second-order valence-corrected chi connectivity index (χ2v) is 9.05. The maximum absolute atomic E-state index is 14.3. The number of ether oxygens (including phenoxy) is 2. The molecular formula is C26H29FN4O3S. The van der Waals surface area contributed by atoms with Crippen LogP contribution in [0.2, 0.25) is 0 Å². The van der Waals surface area contributed by atoms with Crippen molar-refractivity contribution >= 4 is 22.9 Å². The first-order valence-electron chi connectivity index (χ1n) is 11.5. The van der Waals surface area contributed by atoms with E-state index in [2.05, 4.69) is 34.2 Å². The summed E-state index contributed by atoms with van der Waals surface area (Å²) >= 11 is 5.73. The fourth-order valence-corrected chi connectivity index (χ4v) is 4.40. The molecule has 2 aromatic carbocycles. The van der Waals surface area contributed by atoms with Gasteiger partial charge in [-0.3, -0.25) is 0 Å². The molecule has 1 aliphatic rings. The average Bonchev–Trinajstić information content (AvgIpc) is 3.31. The van der Waals surface area contributed by atoms with Gasteiger partial charge in [-0.15, -0.1) is 0 Å². The Hall–Kier alpha value is -3.46. The van der Waals surface area contributed by atoms with Crippen molar-refractivity contribution in [3.63, 3.8) is 0 Å². The molecule has 0 bridgehead atoms. The third-order valence-electron chi connectivity index (χ3n) is 5.73. The van der Waals surface area contributed by atoms with Crippen molar-refractivity contribution < 1.29 is 18.4 Å². The summed E-state index contributed by atoms with van der Waals surface area (Å²) in [5.74, 6) is 1.47. The van der Waals surface area contributed by atoms with Gasteiger partial charge in [0.2, 0.25) is 5.82 Å². The van der Waals surface area contributed by atoms with Crippen molar-refractivity contribution in [2.75, 3.05) is 20.3 Å². The van der Waals surface area contributed by atoms with Gasteiger partial charge in [0.15, 0.2) is 16.7 Å². The summed E-state index contributed by atoms with van der Waals surface area (Å²) < 4.78 is 30.6. The van der Waals surface area contributed by atoms with Crippen molar-refractivity contribution in [1.29, 1.82) is 0 Å². The molecule has 1 aliphatic heterocycles. The largest absolute Gasteiger partial charge is 0.494 e. The Morgan fingerprint density at radius 3 is 2.57 bits per heavy atom. The standard InChI is InChI=1S/C26H29FN4O3S/c1-6-33-19-10-7-17(8-11-19)23-22(16(4)31(14-15(2)3)26(35)28-23)25-29-24(30-34-25)18-9-12-21(32-5)20(27)13-18/h7-13,15,23H,6,14H2,1-5H3,(H,28,35). The Labute approximate surface area is 209 Å². The lowest BCUT2D eigenvalue weighted by molar-refractivity contribution is 0.340. The Morgan fingerprint density at radius 1 is 1.20 bits per heavy atom. The zero-order chi connectivity index (χ0) is 25.1. The zero-order valence-corrected chi connectivity index (χ0v) is 21.3. The third kappa shape index (κ3) is 5.14. The van der Waals surface area contributed by atoms with E-state index in [9.17, 15) is 4.39 Å². The van der Waals surface area contributed by atoms with Crippen LogP contribution < -0.4 is 14.8 Å². The van der Waals surface area contributed by atoms with Gasteiger partial charge in [-0.05, 0) is 67.9 Å². The van der Waals surface area contributed by atoms with Gasteiger partial charge in [0.1, 0.15) is 5.75 Å². The molecular weight excluding hydrogens is 467 g/mol. The van der Waals surface area contributed by atoms with E-state index in [-0.39, 0.29) is 17.6 Å². The molecule has 7 nitrogen and oxygen atoms in total. The molecule has 1 unspecified atom stereocenters. The number of aromatic nitrogens is 2. The maximum Gasteiger partial charge on any atom is 0.258 e. The summed E-state index contributed by atoms with van der Waals surface area (Å²) in [5.41, 5.74) is 3.21. The number of rotatable bonds is 8. The van der Waals surface area contributed by atoms with Gasteiger partial charge >= 0.3 is 0 Å². The summed E-state index contributed by atoms with van der Waals surface area (Å²) in [6, 6.07) is 12.1. The monoisotopic (exact) mass is 496 g/mol. The highest BCUT2D eigenvalue weighted by Gasteiger charge is 2.34. The van der Waals surface area contributed by atoms with Crippen LogP contribution in [-0.4, -0.2) is 40.4 Å². The molecule has 0 saturated carbocycles. The molecule has 2 heterocycles. The van der Waals surface area contributed by atoms with Gasteiger partial charge in [0, 0.05) is 17.8 Å². The van der Waals surface area contributed by atoms with Crippen LogP contribution >= 0.6 is 12.2 Å². The van der Waals surface area contributed by atoms with E-state index in [1.54, 1.807) is 12.1 Å². The SMILES string of the molecule is CCOc1ccc(C2NC(=S)N(CC(C)C)C(C)=C2c2nc(-c3ccc(OC)c(F)c3)no2)cc1. The maximum atomic E-state index is 14.3. The van der Waals surface area contributed by atoms with Crippen molar-refractivity contribution in [2.24, 2.45) is 5.92 Å². The Bertz CT molecular complexity index is 1240. The van der Waals surface area contributed by atoms with Gasteiger partial charge in [-0.1, -0.05) is 31.1 Å². The first kappa shape index (κ1) is 24.7. The highest BCUT2D eigenvalue weighted by Crippen LogP contribution is 2.38. The quantitative estimate of drug-likeness (QED) is 0.404. The number of benzene rings is 2. The summed E-state index contributed by atoms with van der Waals surface area (Å²) in [5, 5.41) is 8.22. The van der Waals surface area contributed by atoms with Gasteiger partial charge in [0.25, 0.3) is 5.89 Å². The number of methoxy groups -OCH3 is 1. The van der Waals surface area contributed by atoms with Crippen LogP contribution in [0, 0.1) is 11.7 Å². The molecule has 3 aromatic rings. The van der Waals surface area contributed by atoms with Crippen LogP contribution in [0.4, 0.5) is 4.39 Å². The number of allylic oxidation sites excluding steroid dienone is 1. The summed E-state index contributed by atoms with van der Waals surface area (Å²) in [6.07, 6.45) is 0. The molecule has 1 N–H and O–H groups in total.